The van der Waals surface area contributed by atoms with Crippen molar-refractivity contribution in [3.8, 4) is 0 Å². The molecule has 0 aliphatic heterocycles. The molecule has 6 nitrogen and oxygen atoms in total. The summed E-state index contributed by atoms with van der Waals surface area (Å²) in [6, 6.07) is 17.6. The maximum Gasteiger partial charge on any atom is 0.251 e. The Morgan fingerprint density at radius 2 is 1.54 bits per heavy atom. The SMILES string of the molecule is CC(C)(C)c1ccc(C(Cc2ccc(C(=O)NCC[SH](=O)=O)cc2)C(=O)Nc2ccc(F)c(F)c2)cc1. The van der Waals surface area contributed by atoms with Crippen LogP contribution in [0.3, 0.4) is 0 Å². The van der Waals surface area contributed by atoms with Gasteiger partial charge >= 0.3 is 0 Å². The fourth-order valence-corrected chi connectivity index (χ4v) is 4.07. The van der Waals surface area contributed by atoms with E-state index >= 15 is 0 Å². The van der Waals surface area contributed by atoms with Crippen LogP contribution in [0.4, 0.5) is 14.5 Å². The Bertz CT molecular complexity index is 1320. The van der Waals surface area contributed by atoms with Gasteiger partial charge in [-0.05, 0) is 52.8 Å². The zero-order valence-electron chi connectivity index (χ0n) is 20.9. The second kappa shape index (κ2) is 12.1. The van der Waals surface area contributed by atoms with E-state index in [1.165, 1.54) is 6.07 Å². The number of carbonyl (C=O) groups is 2. The highest BCUT2D eigenvalue weighted by atomic mass is 32.2. The number of benzene rings is 3. The van der Waals surface area contributed by atoms with E-state index in [2.05, 4.69) is 31.4 Å². The highest BCUT2D eigenvalue weighted by Crippen LogP contribution is 2.28. The zero-order valence-corrected chi connectivity index (χ0v) is 21.8. The molecule has 3 aromatic rings. The third kappa shape index (κ3) is 7.95. The van der Waals surface area contributed by atoms with E-state index in [9.17, 15) is 26.8 Å². The Morgan fingerprint density at radius 1 is 0.892 bits per heavy atom. The first-order valence-corrected chi connectivity index (χ1v) is 13.2. The smallest absolute Gasteiger partial charge is 0.251 e. The number of hydrogen-bond donors (Lipinski definition) is 3. The van der Waals surface area contributed by atoms with Gasteiger partial charge in [0.1, 0.15) is 10.7 Å². The lowest BCUT2D eigenvalue weighted by Gasteiger charge is -2.22. The minimum absolute atomic E-state index is 0.0239. The summed E-state index contributed by atoms with van der Waals surface area (Å²) in [6.07, 6.45) is 0.295. The predicted molar refractivity (Wildman–Crippen MR) is 141 cm³/mol. The standard InChI is InChI=1S/C28H30F2N2O4S/c1-28(2,3)21-10-8-19(9-11-21)23(27(34)32-22-12-13-24(29)25(30)17-22)16-18-4-6-20(7-5-18)26(33)31-14-15-37(35)36/h4-13,17,23,37H,14-16H2,1-3H3,(H,31,33)(H,32,34). The summed E-state index contributed by atoms with van der Waals surface area (Å²) in [4.78, 5) is 25.5. The Kier molecular flexibility index (Phi) is 9.15. The molecular weight excluding hydrogens is 498 g/mol. The maximum atomic E-state index is 13.7. The second-order valence-electron chi connectivity index (χ2n) is 9.76. The van der Waals surface area contributed by atoms with Gasteiger partial charge in [-0.3, -0.25) is 9.59 Å². The number of halogens is 2. The third-order valence-corrected chi connectivity index (χ3v) is 6.51. The summed E-state index contributed by atoms with van der Waals surface area (Å²) in [5, 5.41) is 5.22. The van der Waals surface area contributed by atoms with Crippen molar-refractivity contribution in [2.75, 3.05) is 17.6 Å². The molecule has 0 fully saturated rings. The summed E-state index contributed by atoms with van der Waals surface area (Å²) in [5.74, 6) is -3.62. The quantitative estimate of drug-likeness (QED) is 0.355. The Balaban J connectivity index is 1.83. The lowest BCUT2D eigenvalue weighted by atomic mass is 9.84. The van der Waals surface area contributed by atoms with Crippen molar-refractivity contribution in [2.24, 2.45) is 0 Å². The van der Waals surface area contributed by atoms with Gasteiger partial charge in [0.15, 0.2) is 11.6 Å². The number of nitrogens with one attached hydrogen (secondary N) is 2. The molecule has 1 atom stereocenters. The van der Waals surface area contributed by atoms with Gasteiger partial charge in [0.25, 0.3) is 5.91 Å². The van der Waals surface area contributed by atoms with Gasteiger partial charge in [-0.25, -0.2) is 17.2 Å². The summed E-state index contributed by atoms with van der Waals surface area (Å²) in [6.45, 7) is 6.30. The molecule has 2 amide bonds. The molecule has 0 saturated heterocycles. The normalized spacial score (nSPS) is 12.3. The first-order valence-electron chi connectivity index (χ1n) is 11.8. The van der Waals surface area contributed by atoms with Crippen molar-refractivity contribution in [3.05, 3.63) is 101 Å². The van der Waals surface area contributed by atoms with Crippen molar-refractivity contribution in [3.63, 3.8) is 0 Å². The van der Waals surface area contributed by atoms with E-state index in [0.717, 1.165) is 28.8 Å². The Hall–Kier alpha value is -3.59. The van der Waals surface area contributed by atoms with Crippen LogP contribution < -0.4 is 10.6 Å². The summed E-state index contributed by atoms with van der Waals surface area (Å²) in [7, 11) is -2.57. The van der Waals surface area contributed by atoms with Gasteiger partial charge in [0.2, 0.25) is 5.91 Å². The van der Waals surface area contributed by atoms with Crippen molar-refractivity contribution >= 4 is 28.2 Å². The predicted octanol–water partition coefficient (Wildman–Crippen LogP) is 4.57. The minimum atomic E-state index is -2.57. The lowest BCUT2D eigenvalue weighted by Crippen LogP contribution is -2.26. The summed E-state index contributed by atoms with van der Waals surface area (Å²) < 4.78 is 48.4. The molecular formula is C28H30F2N2O4S. The summed E-state index contributed by atoms with van der Waals surface area (Å²) >= 11 is 0. The first kappa shape index (κ1) is 28.0. The topological polar surface area (TPSA) is 92.3 Å². The number of hydrogen-bond acceptors (Lipinski definition) is 4. The van der Waals surface area contributed by atoms with Gasteiger partial charge < -0.3 is 10.6 Å². The molecule has 0 bridgehead atoms. The molecule has 0 heterocycles. The molecule has 0 spiro atoms. The molecule has 196 valence electrons. The largest absolute Gasteiger partial charge is 0.351 e. The van der Waals surface area contributed by atoms with Crippen LogP contribution in [0.25, 0.3) is 0 Å². The molecule has 1 unspecified atom stereocenters. The van der Waals surface area contributed by atoms with E-state index in [-0.39, 0.29) is 29.3 Å². The average molecular weight is 529 g/mol. The van der Waals surface area contributed by atoms with E-state index in [0.29, 0.717) is 12.0 Å². The van der Waals surface area contributed by atoms with Crippen molar-refractivity contribution in [2.45, 2.75) is 38.5 Å². The van der Waals surface area contributed by atoms with Crippen LogP contribution in [0.2, 0.25) is 0 Å². The van der Waals surface area contributed by atoms with Crippen LogP contribution in [0.15, 0.2) is 66.7 Å². The first-order chi connectivity index (χ1) is 17.4. The molecule has 0 saturated carbocycles. The van der Waals surface area contributed by atoms with Crippen LogP contribution in [0.1, 0.15) is 53.7 Å². The molecule has 0 aliphatic rings. The van der Waals surface area contributed by atoms with E-state index < -0.39 is 34.2 Å². The molecule has 0 aromatic heterocycles. The molecule has 0 aliphatic carbocycles. The van der Waals surface area contributed by atoms with E-state index in [4.69, 9.17) is 0 Å². The molecule has 3 rings (SSSR count). The van der Waals surface area contributed by atoms with Crippen molar-refractivity contribution in [1.82, 2.24) is 5.32 Å². The van der Waals surface area contributed by atoms with E-state index in [1.807, 2.05) is 24.3 Å². The highest BCUT2D eigenvalue weighted by Gasteiger charge is 2.23. The number of anilines is 1. The van der Waals surface area contributed by atoms with Gasteiger partial charge in [-0.1, -0.05) is 57.2 Å². The number of rotatable bonds is 9. The second-order valence-corrected chi connectivity index (χ2v) is 10.9. The highest BCUT2D eigenvalue weighted by molar-refractivity contribution is 7.72. The fraction of sp³-hybridized carbons (Fsp3) is 0.286. The summed E-state index contributed by atoms with van der Waals surface area (Å²) in [5.41, 5.74) is 3.08. The Morgan fingerprint density at radius 3 is 2.11 bits per heavy atom. The average Bonchev–Trinajstić information content (AvgIpc) is 2.84. The maximum absolute atomic E-state index is 13.7. The van der Waals surface area contributed by atoms with Gasteiger partial charge in [0, 0.05) is 23.9 Å². The zero-order chi connectivity index (χ0) is 27.2. The number of thiol groups is 1. The van der Waals surface area contributed by atoms with Gasteiger partial charge in [0.05, 0.1) is 11.7 Å². The number of amides is 2. The van der Waals surface area contributed by atoms with Crippen LogP contribution in [0.5, 0.6) is 0 Å². The molecule has 37 heavy (non-hydrogen) atoms. The third-order valence-electron chi connectivity index (χ3n) is 5.92. The Labute approximate surface area is 217 Å². The van der Waals surface area contributed by atoms with Crippen molar-refractivity contribution in [1.29, 1.82) is 0 Å². The molecule has 2 N–H and O–H groups in total. The van der Waals surface area contributed by atoms with E-state index in [1.54, 1.807) is 24.3 Å². The van der Waals surface area contributed by atoms with Gasteiger partial charge in [-0.2, -0.15) is 0 Å². The molecule has 9 heteroatoms. The van der Waals surface area contributed by atoms with Gasteiger partial charge in [-0.15, -0.1) is 0 Å². The number of carbonyl (C=O) groups excluding carboxylic acids is 2. The minimum Gasteiger partial charge on any atom is -0.351 e. The monoisotopic (exact) mass is 528 g/mol. The van der Waals surface area contributed by atoms with Crippen LogP contribution in [0, 0.1) is 11.6 Å². The lowest BCUT2D eigenvalue weighted by molar-refractivity contribution is -0.117. The molecule has 0 radical (unpaired) electrons. The van der Waals surface area contributed by atoms with Crippen LogP contribution >= 0.6 is 0 Å². The van der Waals surface area contributed by atoms with Crippen LogP contribution in [-0.2, 0) is 27.3 Å². The van der Waals surface area contributed by atoms with Crippen molar-refractivity contribution < 1.29 is 26.8 Å². The molecule has 3 aromatic carbocycles. The fourth-order valence-electron chi connectivity index (χ4n) is 3.77. The van der Waals surface area contributed by atoms with Crippen LogP contribution in [-0.4, -0.2) is 32.5 Å².